The predicted octanol–water partition coefficient (Wildman–Crippen LogP) is 4.18. The fourth-order valence-electron chi connectivity index (χ4n) is 2.02. The third-order valence-corrected chi connectivity index (χ3v) is 3.91. The molecule has 3 nitrogen and oxygen atoms in total. The van der Waals surface area contributed by atoms with Crippen molar-refractivity contribution in [2.45, 2.75) is 19.3 Å². The van der Waals surface area contributed by atoms with Crippen molar-refractivity contribution in [2.24, 2.45) is 5.92 Å². The minimum atomic E-state index is 0.407. The van der Waals surface area contributed by atoms with Crippen LogP contribution in [0.2, 0.25) is 10.0 Å². The molecule has 0 aliphatic heterocycles. The van der Waals surface area contributed by atoms with Crippen LogP contribution in [0.5, 0.6) is 0 Å². The Morgan fingerprint density at radius 1 is 1.28 bits per heavy atom. The molecule has 2 aromatic rings. The highest BCUT2D eigenvalue weighted by molar-refractivity contribution is 6.42. The van der Waals surface area contributed by atoms with Gasteiger partial charge in [0, 0.05) is 6.42 Å². The molecule has 1 aliphatic rings. The highest BCUT2D eigenvalue weighted by Crippen LogP contribution is 2.39. The van der Waals surface area contributed by atoms with Crippen molar-refractivity contribution < 1.29 is 4.52 Å². The highest BCUT2D eigenvalue weighted by Gasteiger charge is 2.26. The Kier molecular flexibility index (Phi) is 2.96. The Bertz CT molecular complexity index is 591. The van der Waals surface area contributed by atoms with Gasteiger partial charge in [-0.1, -0.05) is 34.4 Å². The molecule has 0 saturated heterocycles. The van der Waals surface area contributed by atoms with Crippen molar-refractivity contribution >= 4 is 29.0 Å². The van der Waals surface area contributed by atoms with Crippen LogP contribution in [0.25, 0.3) is 11.1 Å². The molecule has 18 heavy (non-hydrogen) atoms. The zero-order valence-electron chi connectivity index (χ0n) is 9.62. The van der Waals surface area contributed by atoms with E-state index in [2.05, 4.69) is 5.16 Å². The first kappa shape index (κ1) is 11.9. The molecule has 0 spiro atoms. The Morgan fingerprint density at radius 2 is 2.06 bits per heavy atom. The molecule has 1 aromatic heterocycles. The van der Waals surface area contributed by atoms with Crippen molar-refractivity contribution in [3.05, 3.63) is 34.0 Å². The maximum atomic E-state index is 6.03. The number of nitrogens with zero attached hydrogens (tertiary/aromatic N) is 1. The first-order valence-electron chi connectivity index (χ1n) is 5.84. The van der Waals surface area contributed by atoms with E-state index in [1.165, 1.54) is 12.8 Å². The SMILES string of the molecule is Nc1noc(CC2CC2)c1-c1ccc(Cl)c(Cl)c1. The van der Waals surface area contributed by atoms with Gasteiger partial charge < -0.3 is 10.3 Å². The molecule has 1 fully saturated rings. The molecule has 3 rings (SSSR count). The predicted molar refractivity (Wildman–Crippen MR) is 72.8 cm³/mol. The summed E-state index contributed by atoms with van der Waals surface area (Å²) in [7, 11) is 0. The first-order chi connectivity index (χ1) is 8.65. The minimum Gasteiger partial charge on any atom is -0.380 e. The zero-order chi connectivity index (χ0) is 12.7. The second kappa shape index (κ2) is 4.48. The number of halogens is 2. The summed E-state index contributed by atoms with van der Waals surface area (Å²) >= 11 is 11.9. The molecule has 0 unspecified atom stereocenters. The van der Waals surface area contributed by atoms with E-state index in [0.717, 1.165) is 23.3 Å². The fraction of sp³-hybridized carbons (Fsp3) is 0.308. The molecule has 0 bridgehead atoms. The summed E-state index contributed by atoms with van der Waals surface area (Å²) in [6.07, 6.45) is 3.39. The summed E-state index contributed by atoms with van der Waals surface area (Å²) in [6.45, 7) is 0. The van der Waals surface area contributed by atoms with E-state index < -0.39 is 0 Å². The molecule has 1 aliphatic carbocycles. The van der Waals surface area contributed by atoms with E-state index in [1.54, 1.807) is 12.1 Å². The molecule has 94 valence electrons. The topological polar surface area (TPSA) is 52.0 Å². The van der Waals surface area contributed by atoms with E-state index >= 15 is 0 Å². The van der Waals surface area contributed by atoms with E-state index in [4.69, 9.17) is 33.5 Å². The summed E-state index contributed by atoms with van der Waals surface area (Å²) < 4.78 is 5.32. The van der Waals surface area contributed by atoms with Crippen LogP contribution in [0.1, 0.15) is 18.6 Å². The van der Waals surface area contributed by atoms with Gasteiger partial charge in [0.05, 0.1) is 15.6 Å². The zero-order valence-corrected chi connectivity index (χ0v) is 11.1. The quantitative estimate of drug-likeness (QED) is 0.919. The lowest BCUT2D eigenvalue weighted by Crippen LogP contribution is -1.92. The third-order valence-electron chi connectivity index (χ3n) is 3.17. The lowest BCUT2D eigenvalue weighted by atomic mass is 10.0. The molecule has 0 amide bonds. The summed E-state index contributed by atoms with van der Waals surface area (Å²) in [4.78, 5) is 0. The largest absolute Gasteiger partial charge is 0.380 e. The number of anilines is 1. The number of nitrogens with two attached hydrogens (primary N) is 1. The Labute approximate surface area is 115 Å². The van der Waals surface area contributed by atoms with Crippen molar-refractivity contribution in [2.75, 3.05) is 5.73 Å². The van der Waals surface area contributed by atoms with Crippen LogP contribution in [0.15, 0.2) is 22.7 Å². The second-order valence-corrected chi connectivity index (χ2v) is 5.46. The second-order valence-electron chi connectivity index (χ2n) is 4.64. The Morgan fingerprint density at radius 3 is 2.72 bits per heavy atom. The monoisotopic (exact) mass is 282 g/mol. The van der Waals surface area contributed by atoms with Gasteiger partial charge in [0.25, 0.3) is 0 Å². The average molecular weight is 283 g/mol. The van der Waals surface area contributed by atoms with Gasteiger partial charge in [-0.05, 0) is 36.5 Å². The molecule has 0 atom stereocenters. The van der Waals surface area contributed by atoms with Crippen LogP contribution in [0.4, 0.5) is 5.82 Å². The van der Waals surface area contributed by atoms with E-state index in [0.29, 0.717) is 21.8 Å². The molecule has 1 heterocycles. The maximum Gasteiger partial charge on any atom is 0.175 e. The lowest BCUT2D eigenvalue weighted by Gasteiger charge is -2.04. The van der Waals surface area contributed by atoms with Crippen LogP contribution < -0.4 is 5.73 Å². The summed E-state index contributed by atoms with van der Waals surface area (Å²) in [5.41, 5.74) is 7.63. The Balaban J connectivity index is 2.03. The smallest absolute Gasteiger partial charge is 0.175 e. The number of benzene rings is 1. The van der Waals surface area contributed by atoms with Gasteiger partial charge in [0.2, 0.25) is 0 Å². The minimum absolute atomic E-state index is 0.407. The number of aromatic nitrogens is 1. The van der Waals surface area contributed by atoms with E-state index in [1.807, 2.05) is 6.07 Å². The number of hydrogen-bond acceptors (Lipinski definition) is 3. The first-order valence-corrected chi connectivity index (χ1v) is 6.60. The molecular formula is C13H12Cl2N2O. The standard InChI is InChI=1S/C13H12Cl2N2O/c14-9-4-3-8(6-10(9)15)12-11(5-7-1-2-7)18-17-13(12)16/h3-4,6-7H,1-2,5H2,(H2,16,17). The van der Waals surface area contributed by atoms with Crippen LogP contribution >= 0.6 is 23.2 Å². The van der Waals surface area contributed by atoms with Gasteiger partial charge in [0.1, 0.15) is 5.76 Å². The molecule has 5 heteroatoms. The van der Waals surface area contributed by atoms with Gasteiger partial charge in [-0.15, -0.1) is 0 Å². The van der Waals surface area contributed by atoms with E-state index in [-0.39, 0.29) is 0 Å². The lowest BCUT2D eigenvalue weighted by molar-refractivity contribution is 0.381. The van der Waals surface area contributed by atoms with Crippen LogP contribution in [-0.4, -0.2) is 5.16 Å². The highest BCUT2D eigenvalue weighted by atomic mass is 35.5. The van der Waals surface area contributed by atoms with Crippen LogP contribution in [0.3, 0.4) is 0 Å². The van der Waals surface area contributed by atoms with Crippen LogP contribution in [0, 0.1) is 5.92 Å². The van der Waals surface area contributed by atoms with Gasteiger partial charge in [-0.3, -0.25) is 0 Å². The number of rotatable bonds is 3. The van der Waals surface area contributed by atoms with Gasteiger partial charge in [-0.25, -0.2) is 0 Å². The molecule has 0 radical (unpaired) electrons. The summed E-state index contributed by atoms with van der Waals surface area (Å²) in [5, 5.41) is 4.89. The van der Waals surface area contributed by atoms with Crippen molar-refractivity contribution in [3.8, 4) is 11.1 Å². The molecule has 2 N–H and O–H groups in total. The fourth-order valence-corrected chi connectivity index (χ4v) is 2.32. The normalized spacial score (nSPS) is 15.0. The summed E-state index contributed by atoms with van der Waals surface area (Å²) in [6, 6.07) is 5.43. The number of hydrogen-bond donors (Lipinski definition) is 1. The van der Waals surface area contributed by atoms with Gasteiger partial charge in [-0.2, -0.15) is 0 Å². The van der Waals surface area contributed by atoms with Gasteiger partial charge in [0.15, 0.2) is 5.82 Å². The molecule has 1 aromatic carbocycles. The van der Waals surface area contributed by atoms with Crippen molar-refractivity contribution in [1.82, 2.24) is 5.16 Å². The summed E-state index contributed by atoms with van der Waals surface area (Å²) in [5.74, 6) is 1.95. The maximum absolute atomic E-state index is 6.03. The number of nitrogen functional groups attached to an aromatic ring is 1. The van der Waals surface area contributed by atoms with Gasteiger partial charge >= 0.3 is 0 Å². The van der Waals surface area contributed by atoms with E-state index in [9.17, 15) is 0 Å². The average Bonchev–Trinajstić information content (AvgIpc) is 3.07. The van der Waals surface area contributed by atoms with Crippen molar-refractivity contribution in [3.63, 3.8) is 0 Å². The van der Waals surface area contributed by atoms with Crippen LogP contribution in [-0.2, 0) is 6.42 Å². The Hall–Kier alpha value is -1.19. The van der Waals surface area contributed by atoms with Crippen molar-refractivity contribution in [1.29, 1.82) is 0 Å². The third kappa shape index (κ3) is 2.20. The molecular weight excluding hydrogens is 271 g/mol. The molecule has 1 saturated carbocycles.